The SMILES string of the molecule is O=C(C[C@H](CCN1C(=O)c2ccccc2C1=O)C(=O)O)c1ccc2c3c(oc2c1)CCCC3. The number of hydrogen-bond donors (Lipinski definition) is 1. The molecule has 2 heterocycles. The van der Waals surface area contributed by atoms with Crippen LogP contribution in [-0.2, 0) is 17.6 Å². The molecule has 3 aromatic rings. The quantitative estimate of drug-likeness (QED) is 0.430. The van der Waals surface area contributed by atoms with Gasteiger partial charge in [-0.2, -0.15) is 0 Å². The van der Waals surface area contributed by atoms with Gasteiger partial charge in [-0.05, 0) is 43.9 Å². The van der Waals surface area contributed by atoms with Crippen LogP contribution >= 0.6 is 0 Å². The zero-order valence-corrected chi connectivity index (χ0v) is 18.0. The highest BCUT2D eigenvalue weighted by Crippen LogP contribution is 2.33. The smallest absolute Gasteiger partial charge is 0.307 e. The lowest BCUT2D eigenvalue weighted by atomic mass is 9.93. The maximum atomic E-state index is 12.9. The van der Waals surface area contributed by atoms with Gasteiger partial charge in [-0.1, -0.05) is 24.3 Å². The number of carbonyl (C=O) groups excluding carboxylic acids is 3. The van der Waals surface area contributed by atoms with Crippen molar-refractivity contribution in [2.75, 3.05) is 6.54 Å². The van der Waals surface area contributed by atoms with Crippen LogP contribution in [0.3, 0.4) is 0 Å². The first-order valence-electron chi connectivity index (χ1n) is 11.2. The highest BCUT2D eigenvalue weighted by Gasteiger charge is 2.36. The molecule has 7 heteroatoms. The van der Waals surface area contributed by atoms with E-state index in [0.717, 1.165) is 41.7 Å². The normalized spacial score (nSPS) is 16.1. The number of Topliss-reactive ketones (excluding diaryl/α,β-unsaturated/α-hetero) is 1. The van der Waals surface area contributed by atoms with Crippen molar-refractivity contribution < 1.29 is 28.7 Å². The summed E-state index contributed by atoms with van der Waals surface area (Å²) in [6.45, 7) is -0.0550. The Bertz CT molecular complexity index is 1270. The topological polar surface area (TPSA) is 105 Å². The Morgan fingerprint density at radius 2 is 1.70 bits per heavy atom. The first kappa shape index (κ1) is 21.1. The molecule has 168 valence electrons. The number of carboxylic acid groups (broad SMARTS) is 1. The van der Waals surface area contributed by atoms with Crippen LogP contribution in [0.5, 0.6) is 0 Å². The molecule has 0 unspecified atom stereocenters. The van der Waals surface area contributed by atoms with Gasteiger partial charge in [-0.15, -0.1) is 0 Å². The summed E-state index contributed by atoms with van der Waals surface area (Å²) in [6, 6.07) is 11.8. The Morgan fingerprint density at radius 3 is 2.39 bits per heavy atom. The highest BCUT2D eigenvalue weighted by atomic mass is 16.4. The summed E-state index contributed by atoms with van der Waals surface area (Å²) >= 11 is 0. The average Bonchev–Trinajstić information content (AvgIpc) is 3.31. The van der Waals surface area contributed by atoms with Crippen molar-refractivity contribution in [1.82, 2.24) is 4.90 Å². The van der Waals surface area contributed by atoms with E-state index in [2.05, 4.69) is 0 Å². The lowest BCUT2D eigenvalue weighted by Crippen LogP contribution is -2.33. The zero-order chi connectivity index (χ0) is 23.1. The second-order valence-electron chi connectivity index (χ2n) is 8.68. The Labute approximate surface area is 190 Å². The Hall–Kier alpha value is -3.74. The van der Waals surface area contributed by atoms with E-state index in [9.17, 15) is 24.3 Å². The minimum absolute atomic E-state index is 0.00380. The number of aryl methyl sites for hydroxylation is 2. The Morgan fingerprint density at radius 1 is 1.00 bits per heavy atom. The number of hydrogen-bond acceptors (Lipinski definition) is 5. The van der Waals surface area contributed by atoms with Crippen molar-refractivity contribution >= 4 is 34.5 Å². The third-order valence-electron chi connectivity index (χ3n) is 6.64. The molecule has 0 spiro atoms. The molecule has 1 aliphatic carbocycles. The number of fused-ring (bicyclic) bond motifs is 4. The minimum atomic E-state index is -1.13. The number of amides is 2. The maximum Gasteiger partial charge on any atom is 0.307 e. The van der Waals surface area contributed by atoms with Gasteiger partial charge in [0.05, 0.1) is 17.0 Å². The van der Waals surface area contributed by atoms with E-state index in [0.29, 0.717) is 22.3 Å². The van der Waals surface area contributed by atoms with Crippen LogP contribution < -0.4 is 0 Å². The molecule has 2 aromatic carbocycles. The van der Waals surface area contributed by atoms with Crippen LogP contribution in [0.25, 0.3) is 11.0 Å². The van der Waals surface area contributed by atoms with Crippen molar-refractivity contribution in [2.24, 2.45) is 5.92 Å². The number of aliphatic carboxylic acids is 1. The van der Waals surface area contributed by atoms with Gasteiger partial charge < -0.3 is 9.52 Å². The molecular weight excluding hydrogens is 422 g/mol. The number of carboxylic acids is 1. The van der Waals surface area contributed by atoms with E-state index >= 15 is 0 Å². The summed E-state index contributed by atoms with van der Waals surface area (Å²) in [5, 5.41) is 10.7. The van der Waals surface area contributed by atoms with Crippen molar-refractivity contribution in [2.45, 2.75) is 38.5 Å². The van der Waals surface area contributed by atoms with Gasteiger partial charge in [0.15, 0.2) is 5.78 Å². The minimum Gasteiger partial charge on any atom is -0.481 e. The summed E-state index contributed by atoms with van der Waals surface area (Å²) in [6.07, 6.45) is 3.86. The summed E-state index contributed by atoms with van der Waals surface area (Å²) in [4.78, 5) is 50.8. The van der Waals surface area contributed by atoms with E-state index < -0.39 is 23.7 Å². The number of benzene rings is 2. The van der Waals surface area contributed by atoms with Gasteiger partial charge in [0.25, 0.3) is 11.8 Å². The van der Waals surface area contributed by atoms with Crippen LogP contribution in [0.2, 0.25) is 0 Å². The van der Waals surface area contributed by atoms with E-state index in [-0.39, 0.29) is 25.2 Å². The number of carbonyl (C=O) groups is 4. The van der Waals surface area contributed by atoms with Crippen molar-refractivity contribution in [3.63, 3.8) is 0 Å². The molecule has 0 radical (unpaired) electrons. The van der Waals surface area contributed by atoms with E-state index in [1.54, 1.807) is 36.4 Å². The number of ketones is 1. The predicted octanol–water partition coefficient (Wildman–Crippen LogP) is 4.27. The molecular formula is C26H23NO6. The number of rotatable bonds is 7. The van der Waals surface area contributed by atoms with Gasteiger partial charge >= 0.3 is 5.97 Å². The average molecular weight is 445 g/mol. The van der Waals surface area contributed by atoms with Crippen molar-refractivity contribution in [3.8, 4) is 0 Å². The van der Waals surface area contributed by atoms with E-state index in [1.807, 2.05) is 6.07 Å². The molecule has 7 nitrogen and oxygen atoms in total. The first-order chi connectivity index (χ1) is 15.9. The zero-order valence-electron chi connectivity index (χ0n) is 18.0. The van der Waals surface area contributed by atoms with Gasteiger partial charge in [-0.3, -0.25) is 24.1 Å². The van der Waals surface area contributed by atoms with E-state index in [4.69, 9.17) is 4.42 Å². The largest absolute Gasteiger partial charge is 0.481 e. The van der Waals surface area contributed by atoms with Crippen LogP contribution in [-0.4, -0.2) is 40.1 Å². The molecule has 0 fully saturated rings. The van der Waals surface area contributed by atoms with Crippen molar-refractivity contribution in [1.29, 1.82) is 0 Å². The fourth-order valence-corrected chi connectivity index (χ4v) is 4.82. The molecule has 33 heavy (non-hydrogen) atoms. The maximum absolute atomic E-state index is 12.9. The third kappa shape index (κ3) is 3.73. The molecule has 0 saturated heterocycles. The van der Waals surface area contributed by atoms with Crippen LogP contribution in [0, 0.1) is 5.92 Å². The molecule has 0 saturated carbocycles. The standard InChI is InChI=1S/C26H23NO6/c28-21(15-9-10-18-17-5-3-4-8-22(17)33-23(18)14-15)13-16(26(31)32)11-12-27-24(29)19-6-1-2-7-20(19)25(27)30/h1-2,6-7,9-10,14,16H,3-5,8,11-13H2,(H,31,32)/t16-/m0/s1. The Kier molecular flexibility index (Phi) is 5.32. The van der Waals surface area contributed by atoms with E-state index in [1.165, 1.54) is 5.56 Å². The molecule has 0 bridgehead atoms. The van der Waals surface area contributed by atoms with Crippen molar-refractivity contribution in [3.05, 3.63) is 70.5 Å². The summed E-state index contributed by atoms with van der Waals surface area (Å²) in [5.74, 6) is -2.33. The summed E-state index contributed by atoms with van der Waals surface area (Å²) in [5.41, 5.74) is 2.91. The fraction of sp³-hybridized carbons (Fsp3) is 0.308. The second kappa shape index (κ2) is 8.31. The molecule has 5 rings (SSSR count). The predicted molar refractivity (Wildman–Crippen MR) is 119 cm³/mol. The van der Waals surface area contributed by atoms with Gasteiger partial charge in [0, 0.05) is 35.9 Å². The molecule has 1 atom stereocenters. The van der Waals surface area contributed by atoms with Crippen LogP contribution in [0.15, 0.2) is 46.9 Å². The number of nitrogens with zero attached hydrogens (tertiary/aromatic N) is 1. The van der Waals surface area contributed by atoms with Crippen LogP contribution in [0.4, 0.5) is 0 Å². The van der Waals surface area contributed by atoms with Gasteiger partial charge in [-0.25, -0.2) is 0 Å². The molecule has 2 aliphatic rings. The lowest BCUT2D eigenvalue weighted by Gasteiger charge is -2.17. The summed E-state index contributed by atoms with van der Waals surface area (Å²) in [7, 11) is 0. The third-order valence-corrected chi connectivity index (χ3v) is 6.64. The lowest BCUT2D eigenvalue weighted by molar-refractivity contribution is -0.142. The van der Waals surface area contributed by atoms with Crippen LogP contribution in [0.1, 0.15) is 68.1 Å². The number of imide groups is 1. The number of furan rings is 1. The van der Waals surface area contributed by atoms with Gasteiger partial charge in [0.2, 0.25) is 0 Å². The second-order valence-corrected chi connectivity index (χ2v) is 8.68. The highest BCUT2D eigenvalue weighted by molar-refractivity contribution is 6.21. The molecule has 2 amide bonds. The molecule has 1 aliphatic heterocycles. The molecule has 1 aromatic heterocycles. The Balaban J connectivity index is 1.29. The first-order valence-corrected chi connectivity index (χ1v) is 11.2. The fourth-order valence-electron chi connectivity index (χ4n) is 4.82. The monoisotopic (exact) mass is 445 g/mol. The molecule has 1 N–H and O–H groups in total. The summed E-state index contributed by atoms with van der Waals surface area (Å²) < 4.78 is 5.95. The van der Waals surface area contributed by atoms with Gasteiger partial charge in [0.1, 0.15) is 11.3 Å².